The third-order valence-electron chi connectivity index (χ3n) is 4.43. The minimum absolute atomic E-state index is 0.0836. The SMILES string of the molecule is COc1cccc(CCNC(=O)c2sccc2Nc2ccnc3[nH]ccc23)c1. The molecule has 28 heavy (non-hydrogen) atoms. The van der Waals surface area contributed by atoms with Crippen molar-refractivity contribution < 1.29 is 9.53 Å². The molecule has 0 atom stereocenters. The molecule has 0 radical (unpaired) electrons. The minimum Gasteiger partial charge on any atom is -0.497 e. The molecule has 0 aliphatic carbocycles. The van der Waals surface area contributed by atoms with Gasteiger partial charge in [0, 0.05) is 24.3 Å². The van der Waals surface area contributed by atoms with Gasteiger partial charge in [-0.15, -0.1) is 11.3 Å². The second-order valence-electron chi connectivity index (χ2n) is 6.24. The Morgan fingerprint density at radius 3 is 3.04 bits per heavy atom. The second kappa shape index (κ2) is 8.14. The van der Waals surface area contributed by atoms with E-state index in [0.29, 0.717) is 11.4 Å². The zero-order chi connectivity index (χ0) is 19.3. The lowest BCUT2D eigenvalue weighted by atomic mass is 10.1. The zero-order valence-corrected chi connectivity index (χ0v) is 16.2. The molecule has 0 saturated carbocycles. The summed E-state index contributed by atoms with van der Waals surface area (Å²) >= 11 is 1.42. The summed E-state index contributed by atoms with van der Waals surface area (Å²) in [4.78, 5) is 20.7. The van der Waals surface area contributed by atoms with Crippen LogP contribution in [0.25, 0.3) is 11.0 Å². The monoisotopic (exact) mass is 392 g/mol. The molecule has 0 fully saturated rings. The molecule has 3 aromatic heterocycles. The van der Waals surface area contributed by atoms with Gasteiger partial charge in [0.05, 0.1) is 18.5 Å². The molecule has 0 aliphatic rings. The van der Waals surface area contributed by atoms with Crippen molar-refractivity contribution >= 4 is 39.7 Å². The van der Waals surface area contributed by atoms with Crippen molar-refractivity contribution in [3.8, 4) is 5.75 Å². The maximum absolute atomic E-state index is 12.7. The molecule has 0 saturated heterocycles. The fraction of sp³-hybridized carbons (Fsp3) is 0.143. The van der Waals surface area contributed by atoms with E-state index in [-0.39, 0.29) is 5.91 Å². The highest BCUT2D eigenvalue weighted by molar-refractivity contribution is 7.12. The van der Waals surface area contributed by atoms with Gasteiger partial charge in [-0.05, 0) is 47.7 Å². The highest BCUT2D eigenvalue weighted by Crippen LogP contribution is 2.29. The number of hydrogen-bond acceptors (Lipinski definition) is 5. The molecule has 7 heteroatoms. The molecule has 0 aliphatic heterocycles. The number of ether oxygens (including phenoxy) is 1. The first-order valence-corrected chi connectivity index (χ1v) is 9.80. The summed E-state index contributed by atoms with van der Waals surface area (Å²) in [5.74, 6) is 0.738. The standard InChI is InChI=1S/C21H20N4O2S/c1-27-15-4-2-3-14(13-15)5-9-24-21(26)19-18(8-12-28-19)25-17-7-11-23-20-16(17)6-10-22-20/h2-4,6-8,10-13H,5,9H2,1H3,(H,24,26)(H2,22,23,25). The Hall–Kier alpha value is -3.32. The molecule has 142 valence electrons. The summed E-state index contributed by atoms with van der Waals surface area (Å²) in [6.07, 6.45) is 4.33. The van der Waals surface area contributed by atoms with E-state index in [4.69, 9.17) is 4.74 Å². The van der Waals surface area contributed by atoms with Gasteiger partial charge in [0.1, 0.15) is 16.3 Å². The lowest BCUT2D eigenvalue weighted by Gasteiger charge is -2.10. The van der Waals surface area contributed by atoms with Crippen molar-refractivity contribution in [3.63, 3.8) is 0 Å². The maximum Gasteiger partial charge on any atom is 0.263 e. The molecule has 0 bridgehead atoms. The Labute approximate surface area is 166 Å². The molecule has 3 N–H and O–H groups in total. The number of aromatic amines is 1. The number of fused-ring (bicyclic) bond motifs is 1. The fourth-order valence-electron chi connectivity index (χ4n) is 3.03. The van der Waals surface area contributed by atoms with Gasteiger partial charge in [-0.1, -0.05) is 12.1 Å². The van der Waals surface area contributed by atoms with Gasteiger partial charge < -0.3 is 20.4 Å². The van der Waals surface area contributed by atoms with Crippen LogP contribution in [0.15, 0.2) is 60.2 Å². The van der Waals surface area contributed by atoms with Gasteiger partial charge >= 0.3 is 0 Å². The van der Waals surface area contributed by atoms with E-state index in [1.807, 2.05) is 54.0 Å². The van der Waals surface area contributed by atoms with Crippen LogP contribution in [-0.2, 0) is 6.42 Å². The Kier molecular flexibility index (Phi) is 5.25. The zero-order valence-electron chi connectivity index (χ0n) is 15.4. The molecule has 0 spiro atoms. The summed E-state index contributed by atoms with van der Waals surface area (Å²) in [5.41, 5.74) is 3.63. The van der Waals surface area contributed by atoms with Gasteiger partial charge in [0.15, 0.2) is 0 Å². The number of methoxy groups -OCH3 is 1. The van der Waals surface area contributed by atoms with Crippen molar-refractivity contribution in [1.82, 2.24) is 15.3 Å². The first kappa shape index (κ1) is 18.1. The number of nitrogens with zero attached hydrogens (tertiary/aromatic N) is 1. The molecule has 4 aromatic rings. The molecule has 6 nitrogen and oxygen atoms in total. The minimum atomic E-state index is -0.0836. The molecule has 3 heterocycles. The maximum atomic E-state index is 12.7. The van der Waals surface area contributed by atoms with E-state index in [0.717, 1.165) is 40.1 Å². The van der Waals surface area contributed by atoms with Crippen molar-refractivity contribution in [2.24, 2.45) is 0 Å². The number of aromatic nitrogens is 2. The average Bonchev–Trinajstić information content (AvgIpc) is 3.38. The number of carbonyl (C=O) groups excluding carboxylic acids is 1. The number of amides is 1. The predicted molar refractivity (Wildman–Crippen MR) is 113 cm³/mol. The topological polar surface area (TPSA) is 79.0 Å². The van der Waals surface area contributed by atoms with Gasteiger partial charge in [0.25, 0.3) is 5.91 Å². The van der Waals surface area contributed by atoms with Crippen molar-refractivity contribution in [2.45, 2.75) is 6.42 Å². The van der Waals surface area contributed by atoms with Crippen LogP contribution in [-0.4, -0.2) is 29.5 Å². The van der Waals surface area contributed by atoms with Crippen LogP contribution in [0.4, 0.5) is 11.4 Å². The van der Waals surface area contributed by atoms with Crippen LogP contribution in [0.3, 0.4) is 0 Å². The second-order valence-corrected chi connectivity index (χ2v) is 7.16. The van der Waals surface area contributed by atoms with Gasteiger partial charge in [-0.25, -0.2) is 4.98 Å². The number of benzene rings is 1. The van der Waals surface area contributed by atoms with Crippen LogP contribution < -0.4 is 15.4 Å². The van der Waals surface area contributed by atoms with E-state index >= 15 is 0 Å². The molecule has 4 rings (SSSR count). The molecule has 1 aromatic carbocycles. The Bertz CT molecular complexity index is 1100. The first-order valence-electron chi connectivity index (χ1n) is 8.92. The average molecular weight is 392 g/mol. The van der Waals surface area contributed by atoms with Crippen LogP contribution in [0, 0.1) is 0 Å². The smallest absolute Gasteiger partial charge is 0.263 e. The van der Waals surface area contributed by atoms with Crippen molar-refractivity contribution in [2.75, 3.05) is 19.0 Å². The molecular weight excluding hydrogens is 372 g/mol. The third-order valence-corrected chi connectivity index (χ3v) is 5.35. The van der Waals surface area contributed by atoms with Crippen LogP contribution >= 0.6 is 11.3 Å². The number of anilines is 2. The highest BCUT2D eigenvalue weighted by atomic mass is 32.1. The molecular formula is C21H20N4O2S. The first-order chi connectivity index (χ1) is 13.7. The van der Waals surface area contributed by atoms with E-state index < -0.39 is 0 Å². The molecule has 1 amide bonds. The summed E-state index contributed by atoms with van der Waals surface area (Å²) < 4.78 is 5.24. The van der Waals surface area contributed by atoms with Gasteiger partial charge in [-0.2, -0.15) is 0 Å². The quantitative estimate of drug-likeness (QED) is 0.437. The number of carbonyl (C=O) groups is 1. The summed E-state index contributed by atoms with van der Waals surface area (Å²) in [6.45, 7) is 0.556. The Morgan fingerprint density at radius 1 is 1.21 bits per heavy atom. The van der Waals surface area contributed by atoms with E-state index in [1.165, 1.54) is 11.3 Å². The van der Waals surface area contributed by atoms with Crippen molar-refractivity contribution in [3.05, 3.63) is 70.7 Å². The lowest BCUT2D eigenvalue weighted by molar-refractivity contribution is 0.0959. The summed E-state index contributed by atoms with van der Waals surface area (Å²) in [6, 6.07) is 13.7. The Morgan fingerprint density at radius 2 is 2.14 bits per heavy atom. The van der Waals surface area contributed by atoms with Crippen LogP contribution in [0.5, 0.6) is 5.75 Å². The highest BCUT2D eigenvalue weighted by Gasteiger charge is 2.14. The van der Waals surface area contributed by atoms with Crippen LogP contribution in [0.2, 0.25) is 0 Å². The normalized spacial score (nSPS) is 10.8. The van der Waals surface area contributed by atoms with E-state index in [2.05, 4.69) is 20.6 Å². The summed E-state index contributed by atoms with van der Waals surface area (Å²) in [7, 11) is 1.65. The predicted octanol–water partition coefficient (Wildman–Crippen LogP) is 4.35. The lowest BCUT2D eigenvalue weighted by Crippen LogP contribution is -2.25. The van der Waals surface area contributed by atoms with Gasteiger partial charge in [-0.3, -0.25) is 4.79 Å². The van der Waals surface area contributed by atoms with Crippen LogP contribution in [0.1, 0.15) is 15.2 Å². The number of hydrogen-bond donors (Lipinski definition) is 3. The van der Waals surface area contributed by atoms with E-state index in [1.54, 1.807) is 13.3 Å². The number of pyridine rings is 1. The number of thiophene rings is 1. The fourth-order valence-corrected chi connectivity index (χ4v) is 3.79. The molecule has 0 unspecified atom stereocenters. The largest absolute Gasteiger partial charge is 0.497 e. The number of rotatable bonds is 7. The Balaban J connectivity index is 1.42. The number of H-pyrrole nitrogens is 1. The third kappa shape index (κ3) is 3.84. The van der Waals surface area contributed by atoms with Crippen molar-refractivity contribution in [1.29, 1.82) is 0 Å². The number of nitrogens with one attached hydrogen (secondary N) is 3. The van der Waals surface area contributed by atoms with Gasteiger partial charge in [0.2, 0.25) is 0 Å². The van der Waals surface area contributed by atoms with E-state index in [9.17, 15) is 4.79 Å². The summed E-state index contributed by atoms with van der Waals surface area (Å²) in [5, 5.41) is 9.26.